The van der Waals surface area contributed by atoms with E-state index in [9.17, 15) is 5.11 Å². The zero-order valence-corrected chi connectivity index (χ0v) is 27.9. The van der Waals surface area contributed by atoms with Gasteiger partial charge in [0.25, 0.3) is 0 Å². The molecule has 5 heteroatoms. The van der Waals surface area contributed by atoms with Crippen molar-refractivity contribution in [1.82, 2.24) is 15.0 Å². The molecule has 0 saturated carbocycles. The van der Waals surface area contributed by atoms with E-state index in [4.69, 9.17) is 19.4 Å². The molecule has 2 heterocycles. The van der Waals surface area contributed by atoms with Gasteiger partial charge in [-0.2, -0.15) is 0 Å². The van der Waals surface area contributed by atoms with Crippen LogP contribution in [0.4, 0.5) is 0 Å². The Morgan fingerprint density at radius 2 is 1.02 bits per heavy atom. The zero-order chi connectivity index (χ0) is 34.6. The molecule has 1 N–H and O–H groups in total. The Bertz CT molecular complexity index is 2990. The molecule has 10 rings (SSSR count). The Morgan fingerprint density at radius 1 is 0.385 bits per heavy atom. The van der Waals surface area contributed by atoms with E-state index in [-0.39, 0.29) is 5.75 Å². The number of fused-ring (bicyclic) bond motifs is 6. The summed E-state index contributed by atoms with van der Waals surface area (Å²) in [7, 11) is 0. The number of aromatic nitrogens is 3. The van der Waals surface area contributed by atoms with Crippen LogP contribution in [0.1, 0.15) is 0 Å². The topological polar surface area (TPSA) is 72.0 Å². The third-order valence-electron chi connectivity index (χ3n) is 9.82. The first-order valence-corrected chi connectivity index (χ1v) is 17.2. The van der Waals surface area contributed by atoms with Crippen molar-refractivity contribution in [3.63, 3.8) is 0 Å². The van der Waals surface area contributed by atoms with Crippen molar-refractivity contribution in [1.29, 1.82) is 0 Å². The van der Waals surface area contributed by atoms with Crippen LogP contribution in [0.2, 0.25) is 0 Å². The third-order valence-corrected chi connectivity index (χ3v) is 9.82. The minimum Gasteiger partial charge on any atom is -0.507 e. The van der Waals surface area contributed by atoms with Crippen LogP contribution in [0.25, 0.3) is 99.9 Å². The van der Waals surface area contributed by atoms with E-state index in [1.807, 2.05) is 84.9 Å². The Kier molecular flexibility index (Phi) is 6.89. The molecule has 8 aromatic carbocycles. The molecule has 0 unspecified atom stereocenters. The summed E-state index contributed by atoms with van der Waals surface area (Å²) in [6.07, 6.45) is 0. The lowest BCUT2D eigenvalue weighted by Crippen LogP contribution is -2.01. The summed E-state index contributed by atoms with van der Waals surface area (Å²) in [6.45, 7) is 0. The lowest BCUT2D eigenvalue weighted by atomic mass is 9.93. The van der Waals surface area contributed by atoms with Gasteiger partial charge in [-0.15, -0.1) is 0 Å². The Morgan fingerprint density at radius 3 is 1.92 bits per heavy atom. The van der Waals surface area contributed by atoms with Gasteiger partial charge < -0.3 is 9.52 Å². The number of benzene rings is 8. The van der Waals surface area contributed by atoms with Gasteiger partial charge in [-0.3, -0.25) is 0 Å². The smallest absolute Gasteiger partial charge is 0.164 e. The zero-order valence-electron chi connectivity index (χ0n) is 27.9. The molecular weight excluding hydrogens is 639 g/mol. The van der Waals surface area contributed by atoms with Gasteiger partial charge in [0, 0.05) is 33.0 Å². The van der Waals surface area contributed by atoms with Crippen molar-refractivity contribution in [2.24, 2.45) is 0 Å². The van der Waals surface area contributed by atoms with E-state index in [0.717, 1.165) is 55.1 Å². The van der Waals surface area contributed by atoms with Crippen molar-refractivity contribution in [3.8, 4) is 62.2 Å². The van der Waals surface area contributed by atoms with Crippen molar-refractivity contribution < 1.29 is 9.52 Å². The lowest BCUT2D eigenvalue weighted by molar-refractivity contribution is 0.477. The van der Waals surface area contributed by atoms with Gasteiger partial charge in [0.15, 0.2) is 17.5 Å². The van der Waals surface area contributed by atoms with Crippen molar-refractivity contribution in [3.05, 3.63) is 170 Å². The molecule has 0 spiro atoms. The number of aromatic hydroxyl groups is 1. The highest BCUT2D eigenvalue weighted by Gasteiger charge is 2.20. The maximum absolute atomic E-state index is 11.5. The molecule has 0 aliphatic carbocycles. The van der Waals surface area contributed by atoms with Gasteiger partial charge in [0.1, 0.15) is 16.9 Å². The first-order valence-electron chi connectivity index (χ1n) is 17.2. The number of phenols is 1. The summed E-state index contributed by atoms with van der Waals surface area (Å²) in [6, 6.07) is 57.0. The lowest BCUT2D eigenvalue weighted by Gasteiger charge is -2.14. The number of phenolic OH excluding ortho intramolecular Hbond substituents is 1. The molecule has 0 aliphatic heterocycles. The van der Waals surface area contributed by atoms with Crippen LogP contribution in [0.5, 0.6) is 5.75 Å². The van der Waals surface area contributed by atoms with Gasteiger partial charge in [-0.05, 0) is 68.6 Å². The van der Waals surface area contributed by atoms with Crippen LogP contribution in [-0.4, -0.2) is 20.1 Å². The van der Waals surface area contributed by atoms with Gasteiger partial charge in [-0.1, -0.05) is 140 Å². The first kappa shape index (κ1) is 29.8. The molecule has 0 aliphatic rings. The summed E-state index contributed by atoms with van der Waals surface area (Å²) in [5.41, 5.74) is 7.70. The SMILES string of the molecule is Oc1cccc(-c2nc(-c3ccccc3)nc(-c3ccc4c(ccc5ccccc54)c3)n2)c1-c1cccc(-c2cccc3oc4ccccc4c23)c1. The standard InChI is InChI=1S/C47H29N3O2/c51-40-20-9-19-39(43(40)33-15-8-14-31(27-33)37-18-10-22-42-44(37)38-17-6-7-21-41(38)52-42)47-49-45(30-12-2-1-3-13-30)48-46(50-47)34-25-26-36-32(28-34)24-23-29-11-4-5-16-35(29)36/h1-28,51H. The Balaban J connectivity index is 1.15. The van der Waals surface area contributed by atoms with E-state index >= 15 is 0 Å². The molecule has 0 fully saturated rings. The van der Waals surface area contributed by atoms with Crippen LogP contribution in [0.3, 0.4) is 0 Å². The van der Waals surface area contributed by atoms with Crippen LogP contribution in [-0.2, 0) is 0 Å². The molecule has 52 heavy (non-hydrogen) atoms. The number of furan rings is 1. The third kappa shape index (κ3) is 4.98. The fourth-order valence-electron chi connectivity index (χ4n) is 7.38. The Labute approximate surface area is 299 Å². The summed E-state index contributed by atoms with van der Waals surface area (Å²) in [5.74, 6) is 1.73. The second-order valence-electron chi connectivity index (χ2n) is 13.0. The highest BCUT2D eigenvalue weighted by molar-refractivity contribution is 6.12. The number of hydrogen-bond donors (Lipinski definition) is 1. The molecule has 5 nitrogen and oxygen atoms in total. The molecular formula is C47H29N3O2. The average Bonchev–Trinajstić information content (AvgIpc) is 3.60. The van der Waals surface area contributed by atoms with Crippen LogP contribution in [0, 0.1) is 0 Å². The fourth-order valence-corrected chi connectivity index (χ4v) is 7.38. The summed E-state index contributed by atoms with van der Waals surface area (Å²) < 4.78 is 6.20. The van der Waals surface area contributed by atoms with E-state index < -0.39 is 0 Å². The van der Waals surface area contributed by atoms with Crippen molar-refractivity contribution >= 4 is 43.5 Å². The fraction of sp³-hybridized carbons (Fsp3) is 0. The van der Waals surface area contributed by atoms with E-state index in [1.165, 1.54) is 16.2 Å². The summed E-state index contributed by atoms with van der Waals surface area (Å²) >= 11 is 0. The molecule has 0 amide bonds. The summed E-state index contributed by atoms with van der Waals surface area (Å²) in [5, 5.41) is 18.4. The van der Waals surface area contributed by atoms with E-state index in [0.29, 0.717) is 28.6 Å². The molecule has 2 aromatic heterocycles. The Hall–Kier alpha value is -7.11. The molecule has 244 valence electrons. The van der Waals surface area contributed by atoms with E-state index in [2.05, 4.69) is 78.9 Å². The molecule has 0 radical (unpaired) electrons. The first-order chi connectivity index (χ1) is 25.7. The molecule has 0 atom stereocenters. The molecule has 0 bridgehead atoms. The summed E-state index contributed by atoms with van der Waals surface area (Å²) in [4.78, 5) is 15.1. The normalized spacial score (nSPS) is 11.5. The maximum atomic E-state index is 11.5. The highest BCUT2D eigenvalue weighted by Crippen LogP contribution is 2.42. The van der Waals surface area contributed by atoms with Gasteiger partial charge in [-0.25, -0.2) is 15.0 Å². The maximum Gasteiger partial charge on any atom is 0.164 e. The van der Waals surface area contributed by atoms with Gasteiger partial charge >= 0.3 is 0 Å². The van der Waals surface area contributed by atoms with E-state index in [1.54, 1.807) is 6.07 Å². The largest absolute Gasteiger partial charge is 0.507 e. The minimum atomic E-state index is 0.141. The van der Waals surface area contributed by atoms with Crippen LogP contribution < -0.4 is 0 Å². The average molecular weight is 668 g/mol. The minimum absolute atomic E-state index is 0.141. The molecule has 0 saturated heterocycles. The predicted octanol–water partition coefficient (Wildman–Crippen LogP) is 12.1. The quantitative estimate of drug-likeness (QED) is 0.185. The van der Waals surface area contributed by atoms with Crippen LogP contribution in [0.15, 0.2) is 174 Å². The number of nitrogens with zero attached hydrogens (tertiary/aromatic N) is 3. The second kappa shape index (κ2) is 12.0. The number of rotatable bonds is 5. The van der Waals surface area contributed by atoms with Gasteiger partial charge in [0.2, 0.25) is 0 Å². The molecule has 10 aromatic rings. The van der Waals surface area contributed by atoms with Crippen LogP contribution >= 0.6 is 0 Å². The van der Waals surface area contributed by atoms with Crippen molar-refractivity contribution in [2.75, 3.05) is 0 Å². The monoisotopic (exact) mass is 667 g/mol. The predicted molar refractivity (Wildman–Crippen MR) is 211 cm³/mol. The number of hydrogen-bond acceptors (Lipinski definition) is 5. The highest BCUT2D eigenvalue weighted by atomic mass is 16.3. The van der Waals surface area contributed by atoms with Crippen molar-refractivity contribution in [2.45, 2.75) is 0 Å². The number of para-hydroxylation sites is 1. The van der Waals surface area contributed by atoms with Gasteiger partial charge in [0.05, 0.1) is 0 Å². The second-order valence-corrected chi connectivity index (χ2v) is 13.0.